The SMILES string of the molecule is NCc1cnc(Cl)c(-c2ccccc2)n1. The van der Waals surface area contributed by atoms with Crippen molar-refractivity contribution in [3.8, 4) is 11.3 Å². The molecule has 0 aliphatic heterocycles. The molecule has 2 N–H and O–H groups in total. The summed E-state index contributed by atoms with van der Waals surface area (Å²) in [4.78, 5) is 8.39. The average molecular weight is 220 g/mol. The molecule has 15 heavy (non-hydrogen) atoms. The summed E-state index contributed by atoms with van der Waals surface area (Å²) in [5.41, 5.74) is 7.87. The molecule has 0 atom stereocenters. The first-order valence-electron chi connectivity index (χ1n) is 4.58. The Morgan fingerprint density at radius 2 is 1.93 bits per heavy atom. The Balaban J connectivity index is 2.52. The predicted octanol–water partition coefficient (Wildman–Crippen LogP) is 2.26. The van der Waals surface area contributed by atoms with E-state index in [9.17, 15) is 0 Å². The van der Waals surface area contributed by atoms with Gasteiger partial charge in [0.25, 0.3) is 0 Å². The molecule has 0 amide bonds. The maximum Gasteiger partial charge on any atom is 0.155 e. The van der Waals surface area contributed by atoms with E-state index in [-0.39, 0.29) is 0 Å². The maximum atomic E-state index is 5.97. The number of nitrogens with zero attached hydrogens (tertiary/aromatic N) is 2. The minimum Gasteiger partial charge on any atom is -0.325 e. The van der Waals surface area contributed by atoms with Crippen molar-refractivity contribution in [1.82, 2.24) is 9.97 Å². The van der Waals surface area contributed by atoms with E-state index < -0.39 is 0 Å². The van der Waals surface area contributed by atoms with E-state index in [1.807, 2.05) is 30.3 Å². The number of rotatable bonds is 2. The van der Waals surface area contributed by atoms with Gasteiger partial charge in [0.05, 0.1) is 11.9 Å². The van der Waals surface area contributed by atoms with E-state index >= 15 is 0 Å². The standard InChI is InChI=1S/C11H10ClN3/c12-11-10(8-4-2-1-3-5-8)15-9(6-13)7-14-11/h1-5,7H,6,13H2. The summed E-state index contributed by atoms with van der Waals surface area (Å²) in [7, 11) is 0. The van der Waals surface area contributed by atoms with Crippen molar-refractivity contribution in [2.75, 3.05) is 0 Å². The molecule has 0 bridgehead atoms. The van der Waals surface area contributed by atoms with Crippen LogP contribution in [0.3, 0.4) is 0 Å². The molecule has 0 aliphatic carbocycles. The van der Waals surface area contributed by atoms with Crippen molar-refractivity contribution in [2.24, 2.45) is 5.73 Å². The summed E-state index contributed by atoms with van der Waals surface area (Å²) in [5, 5.41) is 0.401. The van der Waals surface area contributed by atoms with Crippen LogP contribution in [-0.4, -0.2) is 9.97 Å². The molecule has 0 fully saturated rings. The third kappa shape index (κ3) is 2.14. The second-order valence-corrected chi connectivity index (χ2v) is 3.43. The Morgan fingerprint density at radius 3 is 2.60 bits per heavy atom. The van der Waals surface area contributed by atoms with Crippen molar-refractivity contribution in [3.05, 3.63) is 47.4 Å². The van der Waals surface area contributed by atoms with E-state index in [0.29, 0.717) is 17.4 Å². The monoisotopic (exact) mass is 219 g/mol. The average Bonchev–Trinajstić information content (AvgIpc) is 2.31. The van der Waals surface area contributed by atoms with Crippen LogP contribution in [0.25, 0.3) is 11.3 Å². The van der Waals surface area contributed by atoms with Gasteiger partial charge in [0.15, 0.2) is 5.15 Å². The Hall–Kier alpha value is -1.45. The highest BCUT2D eigenvalue weighted by molar-refractivity contribution is 6.31. The third-order valence-electron chi connectivity index (χ3n) is 2.03. The smallest absolute Gasteiger partial charge is 0.155 e. The van der Waals surface area contributed by atoms with Gasteiger partial charge in [-0.15, -0.1) is 0 Å². The zero-order valence-electron chi connectivity index (χ0n) is 8.02. The van der Waals surface area contributed by atoms with Crippen LogP contribution >= 0.6 is 11.6 Å². The molecule has 4 heteroatoms. The lowest BCUT2D eigenvalue weighted by Gasteiger charge is -2.04. The molecule has 2 rings (SSSR count). The molecule has 0 aliphatic rings. The van der Waals surface area contributed by atoms with E-state index in [1.165, 1.54) is 0 Å². The normalized spacial score (nSPS) is 10.3. The van der Waals surface area contributed by atoms with E-state index in [4.69, 9.17) is 17.3 Å². The predicted molar refractivity (Wildman–Crippen MR) is 60.4 cm³/mol. The van der Waals surface area contributed by atoms with Gasteiger partial charge in [0.2, 0.25) is 0 Å². The molecule has 0 spiro atoms. The van der Waals surface area contributed by atoms with Crippen molar-refractivity contribution < 1.29 is 0 Å². The number of hydrogen-bond donors (Lipinski definition) is 1. The maximum absolute atomic E-state index is 5.97. The highest BCUT2D eigenvalue weighted by atomic mass is 35.5. The first-order valence-corrected chi connectivity index (χ1v) is 4.96. The summed E-state index contributed by atoms with van der Waals surface area (Å²) in [6.07, 6.45) is 1.59. The Labute approximate surface area is 92.9 Å². The van der Waals surface area contributed by atoms with Gasteiger partial charge in [-0.1, -0.05) is 41.9 Å². The molecule has 3 nitrogen and oxygen atoms in total. The summed E-state index contributed by atoms with van der Waals surface area (Å²) in [6.45, 7) is 0.365. The second-order valence-electron chi connectivity index (χ2n) is 3.07. The largest absolute Gasteiger partial charge is 0.325 e. The van der Waals surface area contributed by atoms with Crippen LogP contribution in [0, 0.1) is 0 Å². The van der Waals surface area contributed by atoms with Crippen LogP contribution in [0.15, 0.2) is 36.5 Å². The van der Waals surface area contributed by atoms with Gasteiger partial charge in [0.1, 0.15) is 5.69 Å². The Morgan fingerprint density at radius 1 is 1.20 bits per heavy atom. The zero-order chi connectivity index (χ0) is 10.7. The van der Waals surface area contributed by atoms with Gasteiger partial charge in [-0.25, -0.2) is 9.97 Å². The molecule has 0 unspecified atom stereocenters. The van der Waals surface area contributed by atoms with Gasteiger partial charge >= 0.3 is 0 Å². The molecule has 1 heterocycles. The number of halogens is 1. The van der Waals surface area contributed by atoms with Crippen LogP contribution < -0.4 is 5.73 Å². The topological polar surface area (TPSA) is 51.8 Å². The minimum atomic E-state index is 0.365. The van der Waals surface area contributed by atoms with Crippen LogP contribution in [0.2, 0.25) is 5.15 Å². The van der Waals surface area contributed by atoms with Crippen LogP contribution in [0.4, 0.5) is 0 Å². The second kappa shape index (κ2) is 4.38. The molecular weight excluding hydrogens is 210 g/mol. The van der Waals surface area contributed by atoms with Crippen molar-refractivity contribution in [3.63, 3.8) is 0 Å². The Bertz CT molecular complexity index is 457. The summed E-state index contributed by atoms with van der Waals surface area (Å²) in [5.74, 6) is 0. The van der Waals surface area contributed by atoms with Gasteiger partial charge in [-0.3, -0.25) is 0 Å². The number of hydrogen-bond acceptors (Lipinski definition) is 3. The van der Waals surface area contributed by atoms with Crippen molar-refractivity contribution in [2.45, 2.75) is 6.54 Å². The fraction of sp³-hybridized carbons (Fsp3) is 0.0909. The van der Waals surface area contributed by atoms with Gasteiger partial charge in [-0.05, 0) is 0 Å². The van der Waals surface area contributed by atoms with Gasteiger partial charge in [-0.2, -0.15) is 0 Å². The van der Waals surface area contributed by atoms with Crippen molar-refractivity contribution >= 4 is 11.6 Å². The van der Waals surface area contributed by atoms with Gasteiger partial charge < -0.3 is 5.73 Å². The summed E-state index contributed by atoms with van der Waals surface area (Å²) in [6, 6.07) is 9.69. The van der Waals surface area contributed by atoms with Crippen LogP contribution in [-0.2, 0) is 6.54 Å². The lowest BCUT2D eigenvalue weighted by Crippen LogP contribution is -2.02. The lowest BCUT2D eigenvalue weighted by molar-refractivity contribution is 0.967. The first-order chi connectivity index (χ1) is 7.31. The molecule has 0 saturated heterocycles. The van der Waals surface area contributed by atoms with E-state index in [2.05, 4.69) is 9.97 Å². The molecule has 76 valence electrons. The quantitative estimate of drug-likeness (QED) is 0.843. The summed E-state index contributed by atoms with van der Waals surface area (Å²) < 4.78 is 0. The van der Waals surface area contributed by atoms with E-state index in [1.54, 1.807) is 6.20 Å². The number of benzene rings is 1. The fourth-order valence-electron chi connectivity index (χ4n) is 1.29. The minimum absolute atomic E-state index is 0.365. The summed E-state index contributed by atoms with van der Waals surface area (Å²) >= 11 is 5.97. The molecular formula is C11H10ClN3. The lowest BCUT2D eigenvalue weighted by atomic mass is 10.1. The van der Waals surface area contributed by atoms with E-state index in [0.717, 1.165) is 11.3 Å². The number of nitrogens with two attached hydrogens (primary N) is 1. The molecule has 0 radical (unpaired) electrons. The van der Waals surface area contributed by atoms with Gasteiger partial charge in [0, 0.05) is 12.1 Å². The van der Waals surface area contributed by atoms with Crippen LogP contribution in [0.1, 0.15) is 5.69 Å². The highest BCUT2D eigenvalue weighted by Gasteiger charge is 2.06. The number of aromatic nitrogens is 2. The molecule has 1 aromatic heterocycles. The van der Waals surface area contributed by atoms with Crippen LogP contribution in [0.5, 0.6) is 0 Å². The first kappa shape index (κ1) is 10.1. The molecule has 0 saturated carbocycles. The molecule has 1 aromatic carbocycles. The van der Waals surface area contributed by atoms with Crippen molar-refractivity contribution in [1.29, 1.82) is 0 Å². The third-order valence-corrected chi connectivity index (χ3v) is 2.31. The zero-order valence-corrected chi connectivity index (χ0v) is 8.78. The fourth-order valence-corrected chi connectivity index (χ4v) is 1.49. The Kier molecular flexibility index (Phi) is 2.94. The molecule has 2 aromatic rings. The highest BCUT2D eigenvalue weighted by Crippen LogP contribution is 2.23.